The lowest BCUT2D eigenvalue weighted by Gasteiger charge is -2.15. The summed E-state index contributed by atoms with van der Waals surface area (Å²) in [7, 11) is 0. The summed E-state index contributed by atoms with van der Waals surface area (Å²) < 4.78 is 29.1. The van der Waals surface area contributed by atoms with Gasteiger partial charge in [0.1, 0.15) is 11.6 Å². The second-order valence-electron chi connectivity index (χ2n) is 6.58. The van der Waals surface area contributed by atoms with Gasteiger partial charge in [-0.1, -0.05) is 29.8 Å². The van der Waals surface area contributed by atoms with Crippen molar-refractivity contribution in [2.24, 2.45) is 0 Å². The van der Waals surface area contributed by atoms with Gasteiger partial charge in [0.2, 0.25) is 5.91 Å². The van der Waals surface area contributed by atoms with Gasteiger partial charge in [-0.3, -0.25) is 14.5 Å². The van der Waals surface area contributed by atoms with Gasteiger partial charge in [0.05, 0.1) is 6.04 Å². The standard InChI is InChI=1S/C20H20F2N4OS/c1-12-4-3-5-14(10-12)19-24-25-20(28)26(19)9-8-18(27)23-13(2)16-7-6-15(21)11-17(16)22/h3-7,10-11,13H,8-9H2,1-2H3,(H,23,27)(H,25,28)/t13-/m0/s1. The van der Waals surface area contributed by atoms with Crippen molar-refractivity contribution in [3.63, 3.8) is 0 Å². The third kappa shape index (κ3) is 4.51. The maximum atomic E-state index is 13.9. The Labute approximate surface area is 166 Å². The third-order valence-corrected chi connectivity index (χ3v) is 4.72. The van der Waals surface area contributed by atoms with Gasteiger partial charge < -0.3 is 5.32 Å². The maximum absolute atomic E-state index is 13.9. The largest absolute Gasteiger partial charge is 0.349 e. The van der Waals surface area contributed by atoms with Crippen LogP contribution in [0.15, 0.2) is 42.5 Å². The van der Waals surface area contributed by atoms with Crippen LogP contribution >= 0.6 is 12.2 Å². The number of aromatic amines is 1. The molecule has 3 rings (SSSR count). The second-order valence-corrected chi connectivity index (χ2v) is 6.97. The van der Waals surface area contributed by atoms with E-state index < -0.39 is 17.7 Å². The van der Waals surface area contributed by atoms with Crippen molar-refractivity contribution in [2.45, 2.75) is 32.9 Å². The summed E-state index contributed by atoms with van der Waals surface area (Å²) in [5.74, 6) is -0.960. The highest BCUT2D eigenvalue weighted by Gasteiger charge is 2.15. The zero-order valence-electron chi connectivity index (χ0n) is 15.5. The molecule has 0 bridgehead atoms. The van der Waals surface area contributed by atoms with Gasteiger partial charge in [0.25, 0.3) is 0 Å². The van der Waals surface area contributed by atoms with Crippen molar-refractivity contribution in [3.05, 3.63) is 70.0 Å². The zero-order chi connectivity index (χ0) is 20.3. The van der Waals surface area contributed by atoms with Crippen LogP contribution in [0.25, 0.3) is 11.4 Å². The molecule has 1 aromatic heterocycles. The van der Waals surface area contributed by atoms with Crippen molar-refractivity contribution >= 4 is 18.1 Å². The average molecular weight is 402 g/mol. The van der Waals surface area contributed by atoms with Crippen molar-refractivity contribution in [2.75, 3.05) is 0 Å². The Morgan fingerprint density at radius 3 is 2.79 bits per heavy atom. The van der Waals surface area contributed by atoms with Gasteiger partial charge in [-0.15, -0.1) is 0 Å². The first-order chi connectivity index (χ1) is 13.3. The Kier molecular flexibility index (Phi) is 5.99. The third-order valence-electron chi connectivity index (χ3n) is 4.40. The number of H-pyrrole nitrogens is 1. The van der Waals surface area contributed by atoms with E-state index in [0.29, 0.717) is 17.1 Å². The van der Waals surface area contributed by atoms with Crippen LogP contribution in [0.3, 0.4) is 0 Å². The number of amides is 1. The molecular weight excluding hydrogens is 382 g/mol. The Morgan fingerprint density at radius 1 is 1.29 bits per heavy atom. The van der Waals surface area contributed by atoms with Gasteiger partial charge in [0, 0.05) is 30.2 Å². The van der Waals surface area contributed by atoms with E-state index in [2.05, 4.69) is 15.5 Å². The van der Waals surface area contributed by atoms with Crippen LogP contribution in [0.5, 0.6) is 0 Å². The summed E-state index contributed by atoms with van der Waals surface area (Å²) in [6, 6.07) is 10.5. The van der Waals surface area contributed by atoms with Crippen molar-refractivity contribution in [1.29, 1.82) is 0 Å². The fourth-order valence-electron chi connectivity index (χ4n) is 2.99. The molecule has 0 saturated heterocycles. The molecule has 1 amide bonds. The highest BCUT2D eigenvalue weighted by molar-refractivity contribution is 7.71. The SMILES string of the molecule is Cc1cccc(-c2n[nH]c(=S)n2CCC(=O)N[C@@H](C)c2ccc(F)cc2F)c1. The number of hydrogen-bond donors (Lipinski definition) is 2. The van der Waals surface area contributed by atoms with Crippen LogP contribution in [-0.4, -0.2) is 20.7 Å². The van der Waals surface area contributed by atoms with Crippen molar-refractivity contribution in [1.82, 2.24) is 20.1 Å². The van der Waals surface area contributed by atoms with Crippen molar-refractivity contribution in [3.8, 4) is 11.4 Å². The number of nitrogens with one attached hydrogen (secondary N) is 2. The number of rotatable bonds is 6. The van der Waals surface area contributed by atoms with E-state index in [1.807, 2.05) is 31.2 Å². The van der Waals surface area contributed by atoms with Gasteiger partial charge >= 0.3 is 0 Å². The molecule has 2 N–H and O–H groups in total. The minimum atomic E-state index is -0.688. The van der Waals surface area contributed by atoms with Gasteiger partial charge in [0.15, 0.2) is 10.6 Å². The summed E-state index contributed by atoms with van der Waals surface area (Å²) in [6.45, 7) is 3.96. The minimum absolute atomic E-state index is 0.139. The molecule has 3 aromatic rings. The molecule has 0 aliphatic heterocycles. The van der Waals surface area contributed by atoms with Gasteiger partial charge in [-0.2, -0.15) is 5.10 Å². The lowest BCUT2D eigenvalue weighted by Crippen LogP contribution is -2.28. The molecule has 8 heteroatoms. The van der Waals surface area contributed by atoms with Gasteiger partial charge in [-0.05, 0) is 38.2 Å². The van der Waals surface area contributed by atoms with Crippen LogP contribution in [0.1, 0.15) is 30.5 Å². The molecule has 146 valence electrons. The van der Waals surface area contributed by atoms with Crippen LogP contribution < -0.4 is 5.32 Å². The van der Waals surface area contributed by atoms with Crippen LogP contribution in [0, 0.1) is 23.3 Å². The normalized spacial score (nSPS) is 12.0. The summed E-state index contributed by atoms with van der Waals surface area (Å²) in [5, 5.41) is 9.75. The number of halogens is 2. The van der Waals surface area contributed by atoms with E-state index in [1.165, 1.54) is 12.1 Å². The molecule has 0 saturated carbocycles. The van der Waals surface area contributed by atoms with E-state index in [9.17, 15) is 13.6 Å². The molecular formula is C20H20F2N4OS. The van der Waals surface area contributed by atoms with E-state index in [1.54, 1.807) is 11.5 Å². The molecule has 5 nitrogen and oxygen atoms in total. The Bertz CT molecular complexity index is 1060. The highest BCUT2D eigenvalue weighted by Crippen LogP contribution is 2.20. The quantitative estimate of drug-likeness (QED) is 0.599. The molecule has 0 aliphatic rings. The van der Waals surface area contributed by atoms with Crippen LogP contribution in [0.2, 0.25) is 0 Å². The number of aromatic nitrogens is 3. The fourth-order valence-corrected chi connectivity index (χ4v) is 3.21. The number of carbonyl (C=O) groups is 1. The smallest absolute Gasteiger partial charge is 0.222 e. The topological polar surface area (TPSA) is 62.7 Å². The summed E-state index contributed by atoms with van der Waals surface area (Å²) >= 11 is 5.28. The first-order valence-electron chi connectivity index (χ1n) is 8.81. The van der Waals surface area contributed by atoms with E-state index >= 15 is 0 Å². The van der Waals surface area contributed by atoms with E-state index in [-0.39, 0.29) is 17.9 Å². The maximum Gasteiger partial charge on any atom is 0.222 e. The molecule has 0 spiro atoms. The second kappa shape index (κ2) is 8.43. The zero-order valence-corrected chi connectivity index (χ0v) is 16.3. The van der Waals surface area contributed by atoms with Crippen LogP contribution in [-0.2, 0) is 11.3 Å². The molecule has 0 fully saturated rings. The highest BCUT2D eigenvalue weighted by atomic mass is 32.1. The van der Waals surface area contributed by atoms with Crippen LogP contribution in [0.4, 0.5) is 8.78 Å². The summed E-state index contributed by atoms with van der Waals surface area (Å²) in [4.78, 5) is 12.3. The Hall–Kier alpha value is -2.87. The molecule has 2 aromatic carbocycles. The molecule has 0 radical (unpaired) electrons. The number of hydrogen-bond acceptors (Lipinski definition) is 3. The number of nitrogens with zero attached hydrogens (tertiary/aromatic N) is 2. The Balaban J connectivity index is 1.68. The Morgan fingerprint density at radius 2 is 2.07 bits per heavy atom. The monoisotopic (exact) mass is 402 g/mol. The van der Waals surface area contributed by atoms with Gasteiger partial charge in [-0.25, -0.2) is 8.78 Å². The molecule has 1 atom stereocenters. The van der Waals surface area contributed by atoms with E-state index in [4.69, 9.17) is 12.2 Å². The fraction of sp³-hybridized carbons (Fsp3) is 0.250. The first kappa shape index (κ1) is 19.9. The number of carbonyl (C=O) groups excluding carboxylic acids is 1. The molecule has 1 heterocycles. The number of aryl methyl sites for hydroxylation is 1. The summed E-state index contributed by atoms with van der Waals surface area (Å²) in [6.07, 6.45) is 0.139. The minimum Gasteiger partial charge on any atom is -0.349 e. The molecule has 28 heavy (non-hydrogen) atoms. The van der Waals surface area contributed by atoms with Crippen molar-refractivity contribution < 1.29 is 13.6 Å². The number of benzene rings is 2. The predicted molar refractivity (Wildman–Crippen MR) is 105 cm³/mol. The molecule has 0 unspecified atom stereocenters. The summed E-state index contributed by atoms with van der Waals surface area (Å²) in [5.41, 5.74) is 2.22. The first-order valence-corrected chi connectivity index (χ1v) is 9.22. The lowest BCUT2D eigenvalue weighted by atomic mass is 10.1. The lowest BCUT2D eigenvalue weighted by molar-refractivity contribution is -0.121. The van der Waals surface area contributed by atoms with E-state index in [0.717, 1.165) is 17.2 Å². The molecule has 0 aliphatic carbocycles. The predicted octanol–water partition coefficient (Wildman–Crippen LogP) is 4.46. The average Bonchev–Trinajstić information content (AvgIpc) is 3.00.